The molecule has 0 aliphatic heterocycles. The first-order chi connectivity index (χ1) is 5.63. The molecule has 0 N–H and O–H groups in total. The van der Waals surface area contributed by atoms with Gasteiger partial charge in [0.2, 0.25) is 5.91 Å². The Morgan fingerprint density at radius 3 is 2.42 bits per heavy atom. The maximum atomic E-state index is 11.5. The Balaban J connectivity index is 3.88. The third kappa shape index (κ3) is 3.96. The largest absolute Gasteiger partial charge is 0.343 e. The van der Waals surface area contributed by atoms with Crippen LogP contribution >= 0.6 is 11.6 Å². The fourth-order valence-corrected chi connectivity index (χ4v) is 1.16. The van der Waals surface area contributed by atoms with Crippen molar-refractivity contribution in [2.45, 2.75) is 27.2 Å². The Kier molecular flexibility index (Phi) is 6.17. The van der Waals surface area contributed by atoms with Crippen LogP contribution in [-0.4, -0.2) is 29.8 Å². The summed E-state index contributed by atoms with van der Waals surface area (Å²) in [5, 5.41) is 0. The van der Waals surface area contributed by atoms with Crippen molar-refractivity contribution in [3.8, 4) is 0 Å². The van der Waals surface area contributed by atoms with E-state index in [0.717, 1.165) is 19.5 Å². The maximum absolute atomic E-state index is 11.5. The Labute approximate surface area is 79.9 Å². The Hall–Kier alpha value is -0.240. The summed E-state index contributed by atoms with van der Waals surface area (Å²) in [6, 6.07) is 0. The molecule has 0 aliphatic rings. The van der Waals surface area contributed by atoms with E-state index >= 15 is 0 Å². The van der Waals surface area contributed by atoms with Gasteiger partial charge < -0.3 is 4.90 Å². The monoisotopic (exact) mass is 191 g/mol. The topological polar surface area (TPSA) is 20.3 Å². The van der Waals surface area contributed by atoms with E-state index in [1.807, 2.05) is 25.7 Å². The third-order valence-electron chi connectivity index (χ3n) is 1.75. The van der Waals surface area contributed by atoms with E-state index in [9.17, 15) is 4.79 Å². The minimum Gasteiger partial charge on any atom is -0.343 e. The summed E-state index contributed by atoms with van der Waals surface area (Å²) in [5.74, 6) is 0.949. The lowest BCUT2D eigenvalue weighted by Crippen LogP contribution is -2.35. The number of amides is 1. The van der Waals surface area contributed by atoms with Crippen molar-refractivity contribution >= 4 is 17.5 Å². The molecule has 0 radical (unpaired) electrons. The zero-order valence-corrected chi connectivity index (χ0v) is 8.90. The minimum absolute atomic E-state index is 0.0975. The summed E-state index contributed by atoms with van der Waals surface area (Å²) in [6.07, 6.45) is 0.883. The van der Waals surface area contributed by atoms with Crippen LogP contribution in [0.25, 0.3) is 0 Å². The molecule has 12 heavy (non-hydrogen) atoms. The van der Waals surface area contributed by atoms with Crippen LogP contribution in [0, 0.1) is 5.92 Å². The average molecular weight is 192 g/mol. The van der Waals surface area contributed by atoms with Gasteiger partial charge in [0, 0.05) is 24.9 Å². The van der Waals surface area contributed by atoms with E-state index in [1.54, 1.807) is 0 Å². The lowest BCUT2D eigenvalue weighted by atomic mass is 10.2. The molecule has 0 heterocycles. The molecule has 0 rings (SSSR count). The normalized spacial score (nSPS) is 10.4. The summed E-state index contributed by atoms with van der Waals surface area (Å²) < 4.78 is 0. The van der Waals surface area contributed by atoms with Crippen LogP contribution in [0.4, 0.5) is 0 Å². The molecule has 0 aromatic carbocycles. The number of rotatable bonds is 5. The molecular formula is C9H18ClNO. The molecular weight excluding hydrogens is 174 g/mol. The van der Waals surface area contributed by atoms with Crippen LogP contribution in [0.2, 0.25) is 0 Å². The molecule has 2 nitrogen and oxygen atoms in total. The number of carbonyl (C=O) groups excluding carboxylic acids is 1. The molecule has 0 aliphatic carbocycles. The van der Waals surface area contributed by atoms with E-state index in [2.05, 4.69) is 0 Å². The highest BCUT2D eigenvalue weighted by atomic mass is 35.5. The first-order valence-electron chi connectivity index (χ1n) is 4.48. The van der Waals surface area contributed by atoms with Crippen LogP contribution < -0.4 is 0 Å². The minimum atomic E-state index is 0.0975. The molecule has 0 atom stereocenters. The van der Waals surface area contributed by atoms with Gasteiger partial charge in [0.15, 0.2) is 0 Å². The smallest absolute Gasteiger partial charge is 0.225 e. The second kappa shape index (κ2) is 6.30. The number of carbonyl (C=O) groups is 1. The summed E-state index contributed by atoms with van der Waals surface area (Å²) in [5.41, 5.74) is 0. The van der Waals surface area contributed by atoms with Gasteiger partial charge in [0.05, 0.1) is 0 Å². The molecule has 0 bridgehead atoms. The lowest BCUT2D eigenvalue weighted by molar-refractivity contribution is -0.134. The first kappa shape index (κ1) is 11.8. The number of halogens is 1. The van der Waals surface area contributed by atoms with Crippen molar-refractivity contribution in [3.63, 3.8) is 0 Å². The van der Waals surface area contributed by atoms with Gasteiger partial charge in [-0.05, 0) is 13.3 Å². The highest BCUT2D eigenvalue weighted by Gasteiger charge is 2.13. The zero-order chi connectivity index (χ0) is 9.56. The zero-order valence-electron chi connectivity index (χ0n) is 8.14. The lowest BCUT2D eigenvalue weighted by Gasteiger charge is -2.22. The number of alkyl halides is 1. The van der Waals surface area contributed by atoms with Crippen LogP contribution in [0.3, 0.4) is 0 Å². The van der Waals surface area contributed by atoms with Gasteiger partial charge in [-0.15, -0.1) is 11.6 Å². The highest BCUT2D eigenvalue weighted by Crippen LogP contribution is 2.02. The Morgan fingerprint density at radius 1 is 1.50 bits per heavy atom. The van der Waals surface area contributed by atoms with Crippen molar-refractivity contribution in [1.29, 1.82) is 0 Å². The molecule has 0 aromatic rings. The fourth-order valence-electron chi connectivity index (χ4n) is 1.04. The second-order valence-corrected chi connectivity index (χ2v) is 3.49. The second-order valence-electron chi connectivity index (χ2n) is 3.12. The van der Waals surface area contributed by atoms with Crippen molar-refractivity contribution < 1.29 is 4.79 Å². The van der Waals surface area contributed by atoms with E-state index in [1.165, 1.54) is 0 Å². The number of hydrogen-bond donors (Lipinski definition) is 0. The van der Waals surface area contributed by atoms with Crippen LogP contribution in [-0.2, 0) is 4.79 Å². The molecule has 1 amide bonds. The van der Waals surface area contributed by atoms with Crippen LogP contribution in [0.15, 0.2) is 0 Å². The maximum Gasteiger partial charge on any atom is 0.225 e. The van der Waals surface area contributed by atoms with Crippen LogP contribution in [0.5, 0.6) is 0 Å². The van der Waals surface area contributed by atoms with Gasteiger partial charge in [0.1, 0.15) is 0 Å². The van der Waals surface area contributed by atoms with Gasteiger partial charge >= 0.3 is 0 Å². The predicted molar refractivity (Wildman–Crippen MR) is 52.4 cm³/mol. The van der Waals surface area contributed by atoms with E-state index in [4.69, 9.17) is 11.6 Å². The first-order valence-corrected chi connectivity index (χ1v) is 5.01. The van der Waals surface area contributed by atoms with Gasteiger partial charge in [-0.3, -0.25) is 4.79 Å². The van der Waals surface area contributed by atoms with Gasteiger partial charge in [-0.25, -0.2) is 0 Å². The molecule has 72 valence electrons. The fraction of sp³-hybridized carbons (Fsp3) is 0.889. The molecule has 0 aromatic heterocycles. The molecule has 0 spiro atoms. The van der Waals surface area contributed by atoms with Gasteiger partial charge in [-0.1, -0.05) is 13.8 Å². The number of nitrogens with zero attached hydrogens (tertiary/aromatic N) is 1. The molecule has 0 saturated carbocycles. The standard InChI is InChI=1S/C9H18ClNO/c1-4-11(7-5-6-10)9(12)8(2)3/h8H,4-7H2,1-3H3. The third-order valence-corrected chi connectivity index (χ3v) is 2.02. The quantitative estimate of drug-likeness (QED) is 0.610. The molecule has 3 heteroatoms. The summed E-state index contributed by atoms with van der Waals surface area (Å²) in [6.45, 7) is 7.41. The summed E-state index contributed by atoms with van der Waals surface area (Å²) in [7, 11) is 0. The molecule has 0 saturated heterocycles. The average Bonchev–Trinajstić information content (AvgIpc) is 2.05. The molecule has 0 unspecified atom stereocenters. The van der Waals surface area contributed by atoms with Crippen molar-refractivity contribution in [3.05, 3.63) is 0 Å². The molecule has 0 fully saturated rings. The predicted octanol–water partition coefficient (Wildman–Crippen LogP) is 2.12. The Bertz CT molecular complexity index is 136. The highest BCUT2D eigenvalue weighted by molar-refractivity contribution is 6.17. The van der Waals surface area contributed by atoms with Gasteiger partial charge in [0.25, 0.3) is 0 Å². The SMILES string of the molecule is CCN(CCCCl)C(=O)C(C)C. The van der Waals surface area contributed by atoms with Crippen LogP contribution in [0.1, 0.15) is 27.2 Å². The van der Waals surface area contributed by atoms with E-state index in [-0.39, 0.29) is 11.8 Å². The number of hydrogen-bond acceptors (Lipinski definition) is 1. The van der Waals surface area contributed by atoms with Gasteiger partial charge in [-0.2, -0.15) is 0 Å². The van der Waals surface area contributed by atoms with E-state index < -0.39 is 0 Å². The summed E-state index contributed by atoms with van der Waals surface area (Å²) in [4.78, 5) is 13.3. The van der Waals surface area contributed by atoms with Crippen molar-refractivity contribution in [2.75, 3.05) is 19.0 Å². The Morgan fingerprint density at radius 2 is 2.08 bits per heavy atom. The van der Waals surface area contributed by atoms with Crippen molar-refractivity contribution in [1.82, 2.24) is 4.90 Å². The van der Waals surface area contributed by atoms with Crippen molar-refractivity contribution in [2.24, 2.45) is 5.92 Å². The summed E-state index contributed by atoms with van der Waals surface area (Å²) >= 11 is 5.55. The van der Waals surface area contributed by atoms with E-state index in [0.29, 0.717) is 5.88 Å².